The summed E-state index contributed by atoms with van der Waals surface area (Å²) in [6.45, 7) is 11.3. The van der Waals surface area contributed by atoms with E-state index in [0.717, 1.165) is 15.9 Å². The van der Waals surface area contributed by atoms with Crippen LogP contribution in [0.1, 0.15) is 70.2 Å². The van der Waals surface area contributed by atoms with Crippen molar-refractivity contribution in [1.29, 1.82) is 0 Å². The lowest BCUT2D eigenvalue weighted by atomic mass is 9.89. The lowest BCUT2D eigenvalue weighted by Gasteiger charge is -2.17. The smallest absolute Gasteiger partial charge is 0.0748 e. The number of hydrogen-bond acceptors (Lipinski definition) is 0. The van der Waals surface area contributed by atoms with Crippen LogP contribution in [0.25, 0.3) is 34.4 Å². The van der Waals surface area contributed by atoms with Gasteiger partial charge in [-0.05, 0) is 107 Å². The molecule has 2 aliphatic rings. The fraction of sp³-hybridized carbons (Fsp3) is 0.243. The van der Waals surface area contributed by atoms with Gasteiger partial charge in [0.25, 0.3) is 0 Å². The van der Waals surface area contributed by atoms with Crippen LogP contribution in [0.2, 0.25) is 0 Å². The fourth-order valence-electron chi connectivity index (χ4n) is 6.38. The van der Waals surface area contributed by atoms with Crippen LogP contribution in [0.3, 0.4) is 0 Å². The summed E-state index contributed by atoms with van der Waals surface area (Å²) in [5, 5.41) is 3.19. The molecule has 0 aliphatic heterocycles. The van der Waals surface area contributed by atoms with Crippen LogP contribution in [-0.4, -0.2) is 9.52 Å². The Hall–Kier alpha value is -3.42. The number of aryl methyl sites for hydroxylation is 2. The predicted molar refractivity (Wildman–Crippen MR) is 166 cm³/mol. The van der Waals surface area contributed by atoms with E-state index in [1.807, 2.05) is 0 Å². The molecule has 1 heteroatoms. The van der Waals surface area contributed by atoms with Crippen LogP contribution in [0, 0.1) is 27.7 Å². The zero-order chi connectivity index (χ0) is 26.4. The first-order chi connectivity index (χ1) is 18.5. The van der Waals surface area contributed by atoms with Crippen molar-refractivity contribution in [3.8, 4) is 22.3 Å². The maximum absolute atomic E-state index is 2.56. The number of rotatable bonds is 6. The lowest BCUT2D eigenvalue weighted by molar-refractivity contribution is 0.716. The molecular formula is C37H36Si. The topological polar surface area (TPSA) is 0 Å². The highest BCUT2D eigenvalue weighted by atomic mass is 28.2. The van der Waals surface area contributed by atoms with Gasteiger partial charge in [0.05, 0.1) is 0 Å². The van der Waals surface area contributed by atoms with Crippen molar-refractivity contribution < 1.29 is 0 Å². The van der Waals surface area contributed by atoms with Crippen molar-refractivity contribution >= 4 is 21.7 Å². The van der Waals surface area contributed by atoms with Gasteiger partial charge < -0.3 is 0 Å². The zero-order valence-corrected chi connectivity index (χ0v) is 24.3. The standard InChI is InChI=1S/C37H36Si/c1-6-11-34-33-19-10-18-32(30-16-8-13-24(3)26(30)5)36(33)22-37(34)38-28-20-27-14-9-17-31(35(27)21-28)29-15-7-12-23(2)25(29)4/h7-10,12-19,21-22,34H,6,11,20H2,1-5H3. The maximum atomic E-state index is 2.56. The molecular weight excluding hydrogens is 472 g/mol. The summed E-state index contributed by atoms with van der Waals surface area (Å²) in [5.74, 6) is 0.529. The Morgan fingerprint density at radius 3 is 1.89 bits per heavy atom. The molecule has 188 valence electrons. The Morgan fingerprint density at radius 1 is 0.658 bits per heavy atom. The van der Waals surface area contributed by atoms with Crippen molar-refractivity contribution in [3.05, 3.63) is 128 Å². The van der Waals surface area contributed by atoms with Crippen LogP contribution in [0.15, 0.2) is 83.2 Å². The van der Waals surface area contributed by atoms with E-state index in [1.54, 1.807) is 10.4 Å². The van der Waals surface area contributed by atoms with E-state index in [9.17, 15) is 0 Å². The molecule has 4 aromatic carbocycles. The minimum atomic E-state index is 0.529. The van der Waals surface area contributed by atoms with Gasteiger partial charge in [-0.1, -0.05) is 109 Å². The Morgan fingerprint density at radius 2 is 1.24 bits per heavy atom. The fourth-order valence-corrected chi connectivity index (χ4v) is 7.94. The second-order valence-electron chi connectivity index (χ2n) is 11.1. The van der Waals surface area contributed by atoms with E-state index in [2.05, 4.69) is 120 Å². The van der Waals surface area contributed by atoms with Gasteiger partial charge in [-0.25, -0.2) is 0 Å². The molecule has 0 saturated heterocycles. The summed E-state index contributed by atoms with van der Waals surface area (Å²) in [6, 6.07) is 27.3. The highest BCUT2D eigenvalue weighted by Gasteiger charge is 2.29. The molecule has 1 unspecified atom stereocenters. The molecule has 4 aromatic rings. The molecule has 2 radical (unpaired) electrons. The summed E-state index contributed by atoms with van der Waals surface area (Å²) in [5.41, 5.74) is 16.9. The number of allylic oxidation sites excluding steroid dienone is 2. The second-order valence-corrected chi connectivity index (χ2v) is 12.6. The monoisotopic (exact) mass is 508 g/mol. The van der Waals surface area contributed by atoms with E-state index in [1.165, 1.54) is 79.6 Å². The van der Waals surface area contributed by atoms with Crippen LogP contribution in [0.5, 0.6) is 0 Å². The molecule has 0 aromatic heterocycles. The Kier molecular flexibility index (Phi) is 6.58. The minimum Gasteiger partial charge on any atom is -0.0748 e. The normalized spacial score (nSPS) is 15.8. The minimum absolute atomic E-state index is 0.529. The largest absolute Gasteiger partial charge is 0.111 e. The lowest BCUT2D eigenvalue weighted by Crippen LogP contribution is -2.08. The van der Waals surface area contributed by atoms with E-state index in [0.29, 0.717) is 5.92 Å². The number of benzene rings is 4. The van der Waals surface area contributed by atoms with Crippen molar-refractivity contribution in [1.82, 2.24) is 0 Å². The van der Waals surface area contributed by atoms with Gasteiger partial charge in [0.15, 0.2) is 0 Å². The van der Waals surface area contributed by atoms with Crippen molar-refractivity contribution in [3.63, 3.8) is 0 Å². The molecule has 0 saturated carbocycles. The average Bonchev–Trinajstić information content (AvgIpc) is 3.48. The molecule has 0 bridgehead atoms. The highest BCUT2D eigenvalue weighted by molar-refractivity contribution is 6.57. The molecule has 2 aliphatic carbocycles. The van der Waals surface area contributed by atoms with Crippen LogP contribution < -0.4 is 0 Å². The SMILES string of the molecule is CCCC1C([Si]C2=Cc3c(cccc3-c3cccc(C)c3C)C2)=Cc2c(-c3cccc(C)c3C)cccc21. The molecule has 1 atom stereocenters. The predicted octanol–water partition coefficient (Wildman–Crippen LogP) is 9.79. The van der Waals surface area contributed by atoms with E-state index in [-0.39, 0.29) is 0 Å². The molecule has 0 nitrogen and oxygen atoms in total. The van der Waals surface area contributed by atoms with Crippen molar-refractivity contribution in [2.75, 3.05) is 0 Å². The summed E-state index contributed by atoms with van der Waals surface area (Å²) in [4.78, 5) is 0. The average molecular weight is 509 g/mol. The van der Waals surface area contributed by atoms with Crippen LogP contribution in [-0.2, 0) is 6.42 Å². The summed E-state index contributed by atoms with van der Waals surface area (Å²) < 4.78 is 0. The van der Waals surface area contributed by atoms with Gasteiger partial charge >= 0.3 is 0 Å². The summed E-state index contributed by atoms with van der Waals surface area (Å²) in [6.07, 6.45) is 8.57. The van der Waals surface area contributed by atoms with E-state index in [4.69, 9.17) is 0 Å². The maximum Gasteiger partial charge on any atom is 0.111 e. The third kappa shape index (κ3) is 4.24. The molecule has 0 fully saturated rings. The van der Waals surface area contributed by atoms with Gasteiger partial charge in [-0.2, -0.15) is 0 Å². The quantitative estimate of drug-likeness (QED) is 0.227. The summed E-state index contributed by atoms with van der Waals surface area (Å²) in [7, 11) is 0.742. The van der Waals surface area contributed by atoms with Gasteiger partial charge in [-0.15, -0.1) is 0 Å². The first-order valence-electron chi connectivity index (χ1n) is 14.0. The van der Waals surface area contributed by atoms with Gasteiger partial charge in [0.1, 0.15) is 9.52 Å². The van der Waals surface area contributed by atoms with Crippen LogP contribution >= 0.6 is 0 Å². The molecule has 6 rings (SSSR count). The summed E-state index contributed by atoms with van der Waals surface area (Å²) >= 11 is 0. The van der Waals surface area contributed by atoms with Crippen LogP contribution in [0.4, 0.5) is 0 Å². The van der Waals surface area contributed by atoms with E-state index >= 15 is 0 Å². The third-order valence-corrected chi connectivity index (χ3v) is 10.2. The second kappa shape index (κ2) is 10.0. The molecule has 0 spiro atoms. The molecule has 0 N–H and O–H groups in total. The van der Waals surface area contributed by atoms with Gasteiger partial charge in [0, 0.05) is 5.92 Å². The Bertz CT molecular complexity index is 1610. The first kappa shape index (κ1) is 24.9. The van der Waals surface area contributed by atoms with Gasteiger partial charge in [0.2, 0.25) is 0 Å². The number of fused-ring (bicyclic) bond motifs is 2. The molecule has 38 heavy (non-hydrogen) atoms. The van der Waals surface area contributed by atoms with Crippen molar-refractivity contribution in [2.45, 2.75) is 59.8 Å². The Labute approximate surface area is 231 Å². The highest BCUT2D eigenvalue weighted by Crippen LogP contribution is 2.45. The zero-order valence-electron chi connectivity index (χ0n) is 23.3. The van der Waals surface area contributed by atoms with Gasteiger partial charge in [-0.3, -0.25) is 0 Å². The van der Waals surface area contributed by atoms with Crippen molar-refractivity contribution in [2.24, 2.45) is 0 Å². The van der Waals surface area contributed by atoms with E-state index < -0.39 is 0 Å². The third-order valence-electron chi connectivity index (χ3n) is 8.76. The molecule has 0 amide bonds. The number of hydrogen-bond donors (Lipinski definition) is 0. The first-order valence-corrected chi connectivity index (χ1v) is 15.0. The molecule has 0 heterocycles. The Balaban J connectivity index is 1.38.